The number of rotatable bonds is 8. The highest BCUT2D eigenvalue weighted by Crippen LogP contribution is 2.26. The maximum atomic E-state index is 9.29. The summed E-state index contributed by atoms with van der Waals surface area (Å²) in [6, 6.07) is 16.3. The van der Waals surface area contributed by atoms with E-state index in [1.807, 2.05) is 36.4 Å². The van der Waals surface area contributed by atoms with Gasteiger partial charge in [0.2, 0.25) is 5.89 Å². The number of aliphatic hydroxyl groups is 2. The summed E-state index contributed by atoms with van der Waals surface area (Å²) in [5.41, 5.74) is 10.1. The number of oxazole rings is 1. The van der Waals surface area contributed by atoms with Gasteiger partial charge in [-0.25, -0.2) is 4.98 Å². The summed E-state index contributed by atoms with van der Waals surface area (Å²) < 4.78 is 5.67. The molecule has 6 heteroatoms. The highest BCUT2D eigenvalue weighted by atomic mass is 35.5. The van der Waals surface area contributed by atoms with Crippen molar-refractivity contribution in [3.63, 3.8) is 0 Å². The first-order chi connectivity index (χ1) is 13.4. The third-order valence-electron chi connectivity index (χ3n) is 5.12. The lowest BCUT2D eigenvalue weighted by Gasteiger charge is -2.24. The Morgan fingerprint density at radius 3 is 2.10 bits per heavy atom. The SMILES string of the molecule is CC(C)c1ccc(-c2nc(-c3ccc(CCC(N)(CO)CO)cc3)co2)cc1.Cl. The molecule has 0 saturated carbocycles. The van der Waals surface area contributed by atoms with E-state index in [2.05, 4.69) is 31.0 Å². The Kier molecular flexibility index (Phi) is 7.99. The molecule has 0 bridgehead atoms. The average molecular weight is 417 g/mol. The van der Waals surface area contributed by atoms with Crippen LogP contribution in [0, 0.1) is 0 Å². The molecule has 29 heavy (non-hydrogen) atoms. The third kappa shape index (κ3) is 5.67. The van der Waals surface area contributed by atoms with Gasteiger partial charge in [-0.05, 0) is 42.0 Å². The molecule has 0 fully saturated rings. The van der Waals surface area contributed by atoms with Crippen molar-refractivity contribution >= 4 is 12.4 Å². The van der Waals surface area contributed by atoms with Crippen molar-refractivity contribution in [2.24, 2.45) is 5.73 Å². The number of aryl methyl sites for hydroxylation is 1. The van der Waals surface area contributed by atoms with Crippen molar-refractivity contribution < 1.29 is 14.6 Å². The van der Waals surface area contributed by atoms with Crippen LogP contribution in [-0.4, -0.2) is 33.9 Å². The van der Waals surface area contributed by atoms with E-state index < -0.39 is 5.54 Å². The van der Waals surface area contributed by atoms with E-state index in [0.717, 1.165) is 22.4 Å². The minimum absolute atomic E-state index is 0. The lowest BCUT2D eigenvalue weighted by Crippen LogP contribution is -2.47. The number of aliphatic hydroxyl groups excluding tert-OH is 2. The maximum Gasteiger partial charge on any atom is 0.226 e. The van der Waals surface area contributed by atoms with Crippen LogP contribution in [0.15, 0.2) is 59.2 Å². The van der Waals surface area contributed by atoms with Crippen molar-refractivity contribution in [1.82, 2.24) is 4.98 Å². The highest BCUT2D eigenvalue weighted by molar-refractivity contribution is 5.85. The number of nitrogens with zero attached hydrogens (tertiary/aromatic N) is 1. The monoisotopic (exact) mass is 416 g/mol. The van der Waals surface area contributed by atoms with Gasteiger partial charge in [0, 0.05) is 11.1 Å². The second-order valence-electron chi connectivity index (χ2n) is 7.69. The molecular weight excluding hydrogens is 388 g/mol. The Bertz CT molecular complexity index is 885. The standard InChI is InChI=1S/C23H28N2O3.ClH/c1-16(2)18-7-9-20(10-8-18)22-25-21(13-28-22)19-5-3-17(4-6-19)11-12-23(24,14-26)15-27;/h3-10,13,16,26-27H,11-12,14-15,24H2,1-2H3;1H. The van der Waals surface area contributed by atoms with Gasteiger partial charge in [0.25, 0.3) is 0 Å². The molecule has 4 N–H and O–H groups in total. The third-order valence-corrected chi connectivity index (χ3v) is 5.12. The van der Waals surface area contributed by atoms with Crippen molar-refractivity contribution in [3.8, 4) is 22.7 Å². The zero-order valence-corrected chi connectivity index (χ0v) is 17.7. The van der Waals surface area contributed by atoms with Crippen LogP contribution in [0.2, 0.25) is 0 Å². The number of hydrogen-bond acceptors (Lipinski definition) is 5. The second kappa shape index (κ2) is 10.0. The van der Waals surface area contributed by atoms with Crippen LogP contribution < -0.4 is 5.73 Å². The lowest BCUT2D eigenvalue weighted by atomic mass is 9.93. The smallest absolute Gasteiger partial charge is 0.226 e. The van der Waals surface area contributed by atoms with Crippen molar-refractivity contribution in [2.75, 3.05) is 13.2 Å². The van der Waals surface area contributed by atoms with Crippen LogP contribution in [0.4, 0.5) is 0 Å². The summed E-state index contributed by atoms with van der Waals surface area (Å²) in [7, 11) is 0. The topological polar surface area (TPSA) is 92.5 Å². The fourth-order valence-electron chi connectivity index (χ4n) is 2.99. The number of nitrogens with two attached hydrogens (primary N) is 1. The molecule has 0 radical (unpaired) electrons. The molecule has 3 aromatic rings. The van der Waals surface area contributed by atoms with Gasteiger partial charge in [-0.3, -0.25) is 0 Å². The van der Waals surface area contributed by atoms with E-state index in [1.165, 1.54) is 5.56 Å². The van der Waals surface area contributed by atoms with Gasteiger partial charge in [-0.2, -0.15) is 0 Å². The fraction of sp³-hybridized carbons (Fsp3) is 0.348. The minimum Gasteiger partial charge on any atom is -0.444 e. The van der Waals surface area contributed by atoms with E-state index in [9.17, 15) is 10.2 Å². The summed E-state index contributed by atoms with van der Waals surface area (Å²) in [4.78, 5) is 4.61. The predicted molar refractivity (Wildman–Crippen MR) is 118 cm³/mol. The number of hydrogen-bond donors (Lipinski definition) is 3. The van der Waals surface area contributed by atoms with E-state index >= 15 is 0 Å². The van der Waals surface area contributed by atoms with Gasteiger partial charge < -0.3 is 20.4 Å². The van der Waals surface area contributed by atoms with Crippen LogP contribution in [0.3, 0.4) is 0 Å². The first kappa shape index (κ1) is 23.1. The Hall–Kier alpha value is -2.18. The largest absolute Gasteiger partial charge is 0.444 e. The number of benzene rings is 2. The quantitative estimate of drug-likeness (QED) is 0.512. The van der Waals surface area contributed by atoms with Crippen molar-refractivity contribution in [2.45, 2.75) is 38.1 Å². The van der Waals surface area contributed by atoms with Crippen LogP contribution in [0.25, 0.3) is 22.7 Å². The molecule has 1 heterocycles. The first-order valence-corrected chi connectivity index (χ1v) is 9.60. The zero-order chi connectivity index (χ0) is 20.1. The lowest BCUT2D eigenvalue weighted by molar-refractivity contribution is 0.115. The molecule has 0 amide bonds. The highest BCUT2D eigenvalue weighted by Gasteiger charge is 2.22. The van der Waals surface area contributed by atoms with Crippen LogP contribution in [-0.2, 0) is 6.42 Å². The minimum atomic E-state index is -0.940. The van der Waals surface area contributed by atoms with E-state index in [1.54, 1.807) is 6.26 Å². The van der Waals surface area contributed by atoms with Gasteiger partial charge in [-0.1, -0.05) is 50.2 Å². The van der Waals surface area contributed by atoms with E-state index in [-0.39, 0.29) is 25.6 Å². The van der Waals surface area contributed by atoms with Gasteiger partial charge >= 0.3 is 0 Å². The molecule has 0 unspecified atom stereocenters. The Labute approximate surface area is 178 Å². The van der Waals surface area contributed by atoms with Gasteiger partial charge in [0.1, 0.15) is 12.0 Å². The van der Waals surface area contributed by atoms with E-state index in [0.29, 0.717) is 24.7 Å². The Balaban J connectivity index is 0.00000300. The van der Waals surface area contributed by atoms with Crippen molar-refractivity contribution in [1.29, 1.82) is 0 Å². The zero-order valence-electron chi connectivity index (χ0n) is 16.8. The van der Waals surface area contributed by atoms with Crippen molar-refractivity contribution in [3.05, 3.63) is 65.9 Å². The molecule has 2 aromatic carbocycles. The second-order valence-corrected chi connectivity index (χ2v) is 7.69. The molecule has 0 atom stereocenters. The molecule has 3 rings (SSSR count). The molecule has 0 aliphatic carbocycles. The number of halogens is 1. The summed E-state index contributed by atoms with van der Waals surface area (Å²) in [5.74, 6) is 1.10. The normalized spacial score (nSPS) is 11.5. The molecule has 5 nitrogen and oxygen atoms in total. The Morgan fingerprint density at radius 1 is 0.966 bits per heavy atom. The molecule has 156 valence electrons. The Morgan fingerprint density at radius 2 is 1.55 bits per heavy atom. The average Bonchev–Trinajstić information content (AvgIpc) is 3.23. The van der Waals surface area contributed by atoms with Gasteiger partial charge in [0.15, 0.2) is 0 Å². The predicted octanol–water partition coefficient (Wildman–Crippen LogP) is 4.17. The van der Waals surface area contributed by atoms with Crippen LogP contribution in [0.1, 0.15) is 37.3 Å². The summed E-state index contributed by atoms with van der Waals surface area (Å²) in [6.07, 6.45) is 2.87. The van der Waals surface area contributed by atoms with E-state index in [4.69, 9.17) is 10.2 Å². The van der Waals surface area contributed by atoms with Gasteiger partial charge in [-0.15, -0.1) is 12.4 Å². The molecular formula is C23H29ClN2O3. The van der Waals surface area contributed by atoms with Gasteiger partial charge in [0.05, 0.1) is 18.8 Å². The summed E-state index contributed by atoms with van der Waals surface area (Å²) in [6.45, 7) is 3.87. The molecule has 1 aromatic heterocycles. The van der Waals surface area contributed by atoms with Crippen LogP contribution >= 0.6 is 12.4 Å². The summed E-state index contributed by atoms with van der Waals surface area (Å²) in [5, 5.41) is 18.6. The fourth-order valence-corrected chi connectivity index (χ4v) is 2.99. The number of aromatic nitrogens is 1. The molecule has 0 aliphatic rings. The first-order valence-electron chi connectivity index (χ1n) is 9.60. The molecule has 0 spiro atoms. The molecule has 0 aliphatic heterocycles. The molecule has 0 saturated heterocycles. The maximum absolute atomic E-state index is 9.29. The van der Waals surface area contributed by atoms with Crippen LogP contribution in [0.5, 0.6) is 0 Å². The summed E-state index contributed by atoms with van der Waals surface area (Å²) >= 11 is 0.